The van der Waals surface area contributed by atoms with Gasteiger partial charge in [-0.1, -0.05) is 30.3 Å². The fourth-order valence-electron chi connectivity index (χ4n) is 1.76. The number of para-hydroxylation sites is 1. The van der Waals surface area contributed by atoms with Crippen LogP contribution in [0.3, 0.4) is 0 Å². The van der Waals surface area contributed by atoms with Crippen molar-refractivity contribution in [3.8, 4) is 0 Å². The van der Waals surface area contributed by atoms with Crippen LogP contribution in [0.25, 0.3) is 0 Å². The summed E-state index contributed by atoms with van der Waals surface area (Å²) in [5, 5.41) is 5.42. The summed E-state index contributed by atoms with van der Waals surface area (Å²) in [7, 11) is 0. The van der Waals surface area contributed by atoms with Gasteiger partial charge >= 0.3 is 0 Å². The van der Waals surface area contributed by atoms with Crippen LogP contribution in [0.5, 0.6) is 0 Å². The van der Waals surface area contributed by atoms with Crippen molar-refractivity contribution in [2.45, 2.75) is 13.0 Å². The van der Waals surface area contributed by atoms with E-state index in [-0.39, 0.29) is 11.8 Å². The van der Waals surface area contributed by atoms with Crippen molar-refractivity contribution in [1.29, 1.82) is 0 Å². The molecule has 5 heteroatoms. The second kappa shape index (κ2) is 7.04. The molecular formula is C16H15BrN2O2. The van der Waals surface area contributed by atoms with Crippen LogP contribution < -0.4 is 10.6 Å². The number of halogens is 1. The zero-order valence-corrected chi connectivity index (χ0v) is 13.1. The first-order chi connectivity index (χ1) is 10.1. The lowest BCUT2D eigenvalue weighted by Gasteiger charge is -2.14. The minimum absolute atomic E-state index is 0.262. The van der Waals surface area contributed by atoms with Crippen LogP contribution in [0.1, 0.15) is 17.3 Å². The maximum Gasteiger partial charge on any atom is 0.253 e. The Morgan fingerprint density at radius 2 is 1.62 bits per heavy atom. The Kier molecular flexibility index (Phi) is 5.11. The number of carbonyl (C=O) groups is 2. The lowest BCUT2D eigenvalue weighted by Crippen LogP contribution is -2.41. The van der Waals surface area contributed by atoms with Crippen LogP contribution in [-0.4, -0.2) is 17.9 Å². The largest absolute Gasteiger partial charge is 0.340 e. The van der Waals surface area contributed by atoms with Crippen molar-refractivity contribution in [3.63, 3.8) is 0 Å². The highest BCUT2D eigenvalue weighted by atomic mass is 79.9. The van der Waals surface area contributed by atoms with Gasteiger partial charge in [0, 0.05) is 10.2 Å². The van der Waals surface area contributed by atoms with E-state index in [4.69, 9.17) is 0 Å². The Hall–Kier alpha value is -2.14. The standard InChI is InChI=1S/C16H15BrN2O2/c1-11(15(20)19-12-7-3-2-4-8-12)18-16(21)13-9-5-6-10-14(13)17/h2-11H,1H3,(H,18,21)(H,19,20). The third-order valence-electron chi connectivity index (χ3n) is 2.90. The van der Waals surface area contributed by atoms with Crippen LogP contribution in [0.15, 0.2) is 59.1 Å². The van der Waals surface area contributed by atoms with Crippen LogP contribution >= 0.6 is 15.9 Å². The first-order valence-electron chi connectivity index (χ1n) is 6.49. The fourth-order valence-corrected chi connectivity index (χ4v) is 2.22. The number of carbonyl (C=O) groups excluding carboxylic acids is 2. The smallest absolute Gasteiger partial charge is 0.253 e. The molecule has 1 unspecified atom stereocenters. The molecule has 1 atom stereocenters. The van der Waals surface area contributed by atoms with Crippen molar-refractivity contribution in [2.75, 3.05) is 5.32 Å². The van der Waals surface area contributed by atoms with Gasteiger partial charge < -0.3 is 10.6 Å². The fraction of sp³-hybridized carbons (Fsp3) is 0.125. The van der Waals surface area contributed by atoms with Crippen LogP contribution in [-0.2, 0) is 4.79 Å². The molecule has 0 radical (unpaired) electrons. The number of nitrogens with one attached hydrogen (secondary N) is 2. The van der Waals surface area contributed by atoms with Gasteiger partial charge in [-0.25, -0.2) is 0 Å². The van der Waals surface area contributed by atoms with Gasteiger partial charge in [-0.2, -0.15) is 0 Å². The van der Waals surface area contributed by atoms with E-state index < -0.39 is 6.04 Å². The van der Waals surface area contributed by atoms with E-state index in [9.17, 15) is 9.59 Å². The Morgan fingerprint density at radius 3 is 2.29 bits per heavy atom. The molecule has 108 valence electrons. The topological polar surface area (TPSA) is 58.2 Å². The Labute approximate surface area is 131 Å². The lowest BCUT2D eigenvalue weighted by atomic mass is 10.2. The Morgan fingerprint density at radius 1 is 1.00 bits per heavy atom. The predicted octanol–water partition coefficient (Wildman–Crippen LogP) is 3.21. The molecule has 2 rings (SSSR count). The summed E-state index contributed by atoms with van der Waals surface area (Å²) in [6.07, 6.45) is 0. The molecule has 0 heterocycles. The van der Waals surface area contributed by atoms with Crippen molar-refractivity contribution >= 4 is 33.4 Å². The van der Waals surface area contributed by atoms with E-state index >= 15 is 0 Å². The third kappa shape index (κ3) is 4.16. The van der Waals surface area contributed by atoms with Gasteiger partial charge in [0.1, 0.15) is 6.04 Å². The molecule has 2 aromatic rings. The summed E-state index contributed by atoms with van der Waals surface area (Å²) in [5.41, 5.74) is 1.20. The minimum atomic E-state index is -0.634. The van der Waals surface area contributed by atoms with Crippen LogP contribution in [0.2, 0.25) is 0 Å². The molecule has 2 N–H and O–H groups in total. The number of hydrogen-bond acceptors (Lipinski definition) is 2. The van der Waals surface area contributed by atoms with E-state index in [1.54, 1.807) is 37.3 Å². The summed E-state index contributed by atoms with van der Waals surface area (Å²) in [6, 6.07) is 15.6. The molecule has 0 bridgehead atoms. The number of benzene rings is 2. The average molecular weight is 347 g/mol. The maximum absolute atomic E-state index is 12.1. The average Bonchev–Trinajstić information content (AvgIpc) is 2.48. The molecule has 21 heavy (non-hydrogen) atoms. The van der Waals surface area contributed by atoms with Crippen molar-refractivity contribution in [1.82, 2.24) is 5.32 Å². The summed E-state index contributed by atoms with van der Waals surface area (Å²) in [5.74, 6) is -0.556. The molecule has 2 amide bonds. The van der Waals surface area contributed by atoms with E-state index in [0.717, 1.165) is 0 Å². The quantitative estimate of drug-likeness (QED) is 0.892. The highest BCUT2D eigenvalue weighted by molar-refractivity contribution is 9.10. The lowest BCUT2D eigenvalue weighted by molar-refractivity contribution is -0.117. The number of rotatable bonds is 4. The first kappa shape index (κ1) is 15.3. The molecule has 0 saturated heterocycles. The number of anilines is 1. The van der Waals surface area contributed by atoms with Gasteiger partial charge in [0.05, 0.1) is 5.56 Å². The molecule has 0 fully saturated rings. The monoisotopic (exact) mass is 346 g/mol. The molecule has 2 aromatic carbocycles. The predicted molar refractivity (Wildman–Crippen MR) is 86.1 cm³/mol. The van der Waals surface area contributed by atoms with Crippen molar-refractivity contribution in [2.24, 2.45) is 0 Å². The summed E-state index contributed by atoms with van der Waals surface area (Å²) in [6.45, 7) is 1.65. The molecular weight excluding hydrogens is 332 g/mol. The number of hydrogen-bond donors (Lipinski definition) is 2. The molecule has 0 aliphatic carbocycles. The van der Waals surface area contributed by atoms with E-state index in [2.05, 4.69) is 26.6 Å². The molecule has 0 aromatic heterocycles. The number of amides is 2. The normalized spacial score (nSPS) is 11.5. The summed E-state index contributed by atoms with van der Waals surface area (Å²) >= 11 is 3.32. The molecule has 0 aliphatic heterocycles. The van der Waals surface area contributed by atoms with Crippen molar-refractivity contribution < 1.29 is 9.59 Å². The molecule has 0 aliphatic rings. The Bertz CT molecular complexity index is 644. The third-order valence-corrected chi connectivity index (χ3v) is 3.59. The molecule has 4 nitrogen and oxygen atoms in total. The van der Waals surface area contributed by atoms with Gasteiger partial charge in [0.15, 0.2) is 0 Å². The zero-order chi connectivity index (χ0) is 15.2. The van der Waals surface area contributed by atoms with Crippen LogP contribution in [0, 0.1) is 0 Å². The summed E-state index contributed by atoms with van der Waals surface area (Å²) < 4.78 is 0.693. The van der Waals surface area contributed by atoms with Gasteiger partial charge in [-0.05, 0) is 47.1 Å². The maximum atomic E-state index is 12.1. The molecule has 0 spiro atoms. The van der Waals surface area contributed by atoms with Gasteiger partial charge in [-0.3, -0.25) is 9.59 Å². The van der Waals surface area contributed by atoms with Gasteiger partial charge in [-0.15, -0.1) is 0 Å². The SMILES string of the molecule is CC(NC(=O)c1ccccc1Br)C(=O)Nc1ccccc1. The first-order valence-corrected chi connectivity index (χ1v) is 7.28. The van der Waals surface area contributed by atoms with Gasteiger partial charge in [0.25, 0.3) is 5.91 Å². The minimum Gasteiger partial charge on any atom is -0.340 e. The van der Waals surface area contributed by atoms with E-state index in [1.165, 1.54) is 0 Å². The van der Waals surface area contributed by atoms with Crippen molar-refractivity contribution in [3.05, 3.63) is 64.6 Å². The second-order valence-electron chi connectivity index (χ2n) is 4.53. The zero-order valence-electron chi connectivity index (χ0n) is 11.5. The summed E-state index contributed by atoms with van der Waals surface area (Å²) in [4.78, 5) is 24.1. The highest BCUT2D eigenvalue weighted by Crippen LogP contribution is 2.15. The van der Waals surface area contributed by atoms with E-state index in [1.807, 2.05) is 24.3 Å². The Balaban J connectivity index is 1.98. The van der Waals surface area contributed by atoms with Crippen LogP contribution in [0.4, 0.5) is 5.69 Å². The highest BCUT2D eigenvalue weighted by Gasteiger charge is 2.17. The van der Waals surface area contributed by atoms with E-state index in [0.29, 0.717) is 15.7 Å². The second-order valence-corrected chi connectivity index (χ2v) is 5.38. The molecule has 0 saturated carbocycles. The van der Waals surface area contributed by atoms with Gasteiger partial charge in [0.2, 0.25) is 5.91 Å².